The standard InChI is InChI=1S/C12H13Cl3N2O3S/c1-12(3-2-4-12)17-11(18)8-9(14)6(13)5-7(10(8)15)21(16,19)20/h5H,2-4H2,1H3,(H,17,18)(H2,16,19,20). The second-order valence-corrected chi connectivity index (χ2v) is 7.97. The second kappa shape index (κ2) is 5.59. The molecule has 0 unspecified atom stereocenters. The van der Waals surface area contributed by atoms with Gasteiger partial charge in [0, 0.05) is 5.54 Å². The number of rotatable bonds is 3. The van der Waals surface area contributed by atoms with E-state index >= 15 is 0 Å². The second-order valence-electron chi connectivity index (χ2n) is 5.27. The van der Waals surface area contributed by atoms with Gasteiger partial charge in [-0.3, -0.25) is 4.79 Å². The van der Waals surface area contributed by atoms with Gasteiger partial charge in [-0.15, -0.1) is 0 Å². The number of hydrogen-bond acceptors (Lipinski definition) is 3. The van der Waals surface area contributed by atoms with Gasteiger partial charge in [0.1, 0.15) is 4.90 Å². The van der Waals surface area contributed by atoms with Crippen LogP contribution in [0.1, 0.15) is 36.5 Å². The van der Waals surface area contributed by atoms with Crippen LogP contribution >= 0.6 is 34.8 Å². The summed E-state index contributed by atoms with van der Waals surface area (Å²) in [5.41, 5.74) is -0.517. The molecular weight excluding hydrogens is 359 g/mol. The third kappa shape index (κ3) is 3.29. The number of halogens is 3. The first-order valence-corrected chi connectivity index (χ1v) is 8.76. The fraction of sp³-hybridized carbons (Fsp3) is 0.417. The minimum Gasteiger partial charge on any atom is -0.347 e. The number of carbonyl (C=O) groups excluding carboxylic acids is 1. The topological polar surface area (TPSA) is 89.3 Å². The fourth-order valence-electron chi connectivity index (χ4n) is 2.16. The molecule has 1 aliphatic carbocycles. The van der Waals surface area contributed by atoms with Gasteiger partial charge in [-0.05, 0) is 32.3 Å². The largest absolute Gasteiger partial charge is 0.347 e. The van der Waals surface area contributed by atoms with Gasteiger partial charge < -0.3 is 5.32 Å². The zero-order valence-electron chi connectivity index (χ0n) is 11.0. The molecule has 1 fully saturated rings. The molecule has 116 valence electrons. The number of nitrogens with one attached hydrogen (secondary N) is 1. The Hall–Kier alpha value is -0.530. The van der Waals surface area contributed by atoms with E-state index in [9.17, 15) is 13.2 Å². The monoisotopic (exact) mass is 370 g/mol. The summed E-state index contributed by atoms with van der Waals surface area (Å²) < 4.78 is 23.0. The minimum atomic E-state index is -4.12. The van der Waals surface area contributed by atoms with Crippen LogP contribution in [0.2, 0.25) is 15.1 Å². The van der Waals surface area contributed by atoms with Crippen LogP contribution in [0, 0.1) is 0 Å². The van der Waals surface area contributed by atoms with Gasteiger partial charge in [0.05, 0.1) is 20.6 Å². The molecule has 21 heavy (non-hydrogen) atoms. The Bertz CT molecular complexity index is 715. The molecule has 1 aliphatic rings. The van der Waals surface area contributed by atoms with E-state index in [4.69, 9.17) is 39.9 Å². The average Bonchev–Trinajstić information content (AvgIpc) is 2.30. The Morgan fingerprint density at radius 1 is 1.29 bits per heavy atom. The molecule has 0 atom stereocenters. The van der Waals surface area contributed by atoms with Crippen molar-refractivity contribution in [3.05, 3.63) is 26.7 Å². The smallest absolute Gasteiger partial charge is 0.254 e. The van der Waals surface area contributed by atoms with Crippen molar-refractivity contribution < 1.29 is 13.2 Å². The molecular formula is C12H13Cl3N2O3S. The van der Waals surface area contributed by atoms with Crippen molar-refractivity contribution in [3.8, 4) is 0 Å². The van der Waals surface area contributed by atoms with Crippen LogP contribution in [0.3, 0.4) is 0 Å². The zero-order valence-corrected chi connectivity index (χ0v) is 14.1. The van der Waals surface area contributed by atoms with Crippen molar-refractivity contribution in [1.29, 1.82) is 0 Å². The Balaban J connectivity index is 2.52. The number of benzene rings is 1. The summed E-state index contributed by atoms with van der Waals surface area (Å²) in [5, 5.41) is 7.33. The van der Waals surface area contributed by atoms with Gasteiger partial charge in [0.15, 0.2) is 0 Å². The number of primary sulfonamides is 1. The van der Waals surface area contributed by atoms with E-state index in [2.05, 4.69) is 5.32 Å². The number of amides is 1. The Morgan fingerprint density at radius 2 is 1.86 bits per heavy atom. The van der Waals surface area contributed by atoms with Crippen LogP contribution in [-0.2, 0) is 10.0 Å². The highest BCUT2D eigenvalue weighted by atomic mass is 35.5. The van der Waals surface area contributed by atoms with E-state index in [0.717, 1.165) is 25.3 Å². The van der Waals surface area contributed by atoms with E-state index in [-0.39, 0.29) is 26.2 Å². The molecule has 1 aromatic rings. The quantitative estimate of drug-likeness (QED) is 0.800. The third-order valence-electron chi connectivity index (χ3n) is 3.53. The SMILES string of the molecule is CC1(NC(=O)c2c(Cl)c(Cl)cc(S(N)(=O)=O)c2Cl)CCC1. The average molecular weight is 372 g/mol. The number of sulfonamides is 1. The van der Waals surface area contributed by atoms with Crippen LogP contribution in [0.4, 0.5) is 0 Å². The summed E-state index contributed by atoms with van der Waals surface area (Å²) >= 11 is 17.9. The van der Waals surface area contributed by atoms with Crippen molar-refractivity contribution >= 4 is 50.7 Å². The maximum absolute atomic E-state index is 12.4. The molecule has 0 bridgehead atoms. The highest BCUT2D eigenvalue weighted by molar-refractivity contribution is 7.89. The summed E-state index contributed by atoms with van der Waals surface area (Å²) in [7, 11) is -4.12. The summed E-state index contributed by atoms with van der Waals surface area (Å²) in [6.45, 7) is 1.89. The van der Waals surface area contributed by atoms with E-state index in [0.29, 0.717) is 0 Å². The van der Waals surface area contributed by atoms with E-state index < -0.39 is 20.8 Å². The van der Waals surface area contributed by atoms with Gasteiger partial charge >= 0.3 is 0 Å². The molecule has 0 aliphatic heterocycles. The maximum Gasteiger partial charge on any atom is 0.254 e. The number of hydrogen-bond donors (Lipinski definition) is 2. The molecule has 5 nitrogen and oxygen atoms in total. The van der Waals surface area contributed by atoms with E-state index in [1.807, 2.05) is 6.92 Å². The Labute approximate surface area is 137 Å². The van der Waals surface area contributed by atoms with Crippen molar-refractivity contribution in [2.24, 2.45) is 5.14 Å². The first-order valence-electron chi connectivity index (χ1n) is 6.08. The maximum atomic E-state index is 12.4. The molecule has 0 heterocycles. The molecule has 0 aromatic heterocycles. The predicted octanol–water partition coefficient (Wildman–Crippen LogP) is 2.97. The Morgan fingerprint density at radius 3 is 2.29 bits per heavy atom. The van der Waals surface area contributed by atoms with Gasteiger partial charge in [-0.2, -0.15) is 0 Å². The van der Waals surface area contributed by atoms with Gasteiger partial charge in [0.25, 0.3) is 5.91 Å². The predicted molar refractivity (Wildman–Crippen MR) is 82.6 cm³/mol. The van der Waals surface area contributed by atoms with Gasteiger partial charge in [-0.25, -0.2) is 13.6 Å². The molecule has 0 saturated heterocycles. The first-order chi connectivity index (χ1) is 9.55. The summed E-state index contributed by atoms with van der Waals surface area (Å²) in [5.74, 6) is -0.570. The van der Waals surface area contributed by atoms with Crippen molar-refractivity contribution in [2.45, 2.75) is 36.6 Å². The van der Waals surface area contributed by atoms with Crippen LogP contribution < -0.4 is 10.5 Å². The summed E-state index contributed by atoms with van der Waals surface area (Å²) in [6.07, 6.45) is 2.67. The fourth-order valence-corrected chi connectivity index (χ4v) is 3.90. The highest BCUT2D eigenvalue weighted by Crippen LogP contribution is 2.38. The lowest BCUT2D eigenvalue weighted by Gasteiger charge is -2.39. The van der Waals surface area contributed by atoms with Crippen LogP contribution in [0.15, 0.2) is 11.0 Å². The van der Waals surface area contributed by atoms with Crippen molar-refractivity contribution in [1.82, 2.24) is 5.32 Å². The van der Waals surface area contributed by atoms with Crippen molar-refractivity contribution in [3.63, 3.8) is 0 Å². The number of carbonyl (C=O) groups is 1. The van der Waals surface area contributed by atoms with Gasteiger partial charge in [-0.1, -0.05) is 34.8 Å². The molecule has 1 amide bonds. The summed E-state index contributed by atoms with van der Waals surface area (Å²) in [4.78, 5) is 11.9. The lowest BCUT2D eigenvalue weighted by atomic mass is 9.78. The van der Waals surface area contributed by atoms with E-state index in [1.54, 1.807) is 0 Å². The molecule has 2 rings (SSSR count). The first kappa shape index (κ1) is 16.8. The lowest BCUT2D eigenvalue weighted by Crippen LogP contribution is -2.51. The van der Waals surface area contributed by atoms with Crippen LogP contribution in [0.25, 0.3) is 0 Å². The molecule has 9 heteroatoms. The zero-order chi connectivity index (χ0) is 16.0. The van der Waals surface area contributed by atoms with Gasteiger partial charge in [0.2, 0.25) is 10.0 Å². The summed E-state index contributed by atoms with van der Waals surface area (Å²) in [6, 6.07) is 1.03. The Kier molecular flexibility index (Phi) is 4.48. The van der Waals surface area contributed by atoms with Crippen LogP contribution in [0.5, 0.6) is 0 Å². The molecule has 0 radical (unpaired) electrons. The minimum absolute atomic E-state index is 0.102. The normalized spacial score (nSPS) is 17.2. The van der Waals surface area contributed by atoms with E-state index in [1.165, 1.54) is 0 Å². The highest BCUT2D eigenvalue weighted by Gasteiger charge is 2.35. The molecule has 3 N–H and O–H groups in total. The molecule has 1 saturated carbocycles. The molecule has 0 spiro atoms. The molecule has 1 aromatic carbocycles. The van der Waals surface area contributed by atoms with Crippen LogP contribution in [-0.4, -0.2) is 19.9 Å². The third-order valence-corrected chi connectivity index (χ3v) is 5.76. The van der Waals surface area contributed by atoms with Crippen molar-refractivity contribution in [2.75, 3.05) is 0 Å². The lowest BCUT2D eigenvalue weighted by molar-refractivity contribution is 0.0850. The number of nitrogens with two attached hydrogens (primary N) is 1.